The topological polar surface area (TPSA) is 111 Å². The number of carbonyl (C=O) groups excluding carboxylic acids is 1. The van der Waals surface area contributed by atoms with E-state index in [2.05, 4.69) is 15.4 Å². The second-order valence-corrected chi connectivity index (χ2v) is 9.86. The number of amides is 1. The number of sulfone groups is 1. The van der Waals surface area contributed by atoms with Gasteiger partial charge in [0.15, 0.2) is 15.7 Å². The molecule has 1 aromatic carbocycles. The average Bonchev–Trinajstić information content (AvgIpc) is 3.42. The maximum Gasteiger partial charge on any atom is 0.416 e. The summed E-state index contributed by atoms with van der Waals surface area (Å²) in [4.78, 5) is 28.2. The van der Waals surface area contributed by atoms with Gasteiger partial charge in [0.2, 0.25) is 5.91 Å². The van der Waals surface area contributed by atoms with Crippen LogP contribution in [0.3, 0.4) is 0 Å². The Morgan fingerprint density at radius 2 is 1.91 bits per heavy atom. The van der Waals surface area contributed by atoms with Gasteiger partial charge < -0.3 is 5.32 Å². The quantitative estimate of drug-likeness (QED) is 0.537. The van der Waals surface area contributed by atoms with E-state index in [0.717, 1.165) is 30.6 Å². The van der Waals surface area contributed by atoms with Gasteiger partial charge in [0.25, 0.3) is 11.5 Å². The molecule has 1 unspecified atom stereocenters. The minimum absolute atomic E-state index is 0.0865. The summed E-state index contributed by atoms with van der Waals surface area (Å²) in [6, 6.07) is 3.39. The second kappa shape index (κ2) is 7.82. The van der Waals surface area contributed by atoms with Crippen molar-refractivity contribution in [2.45, 2.75) is 30.3 Å². The monoisotopic (exact) mass is 502 g/mol. The fraction of sp³-hybridized carbons (Fsp3) is 0.300. The van der Waals surface area contributed by atoms with Crippen LogP contribution < -0.4 is 10.9 Å². The molecule has 2 aromatic heterocycles. The molecule has 0 bridgehead atoms. The minimum atomic E-state index is -4.72. The molecule has 1 fully saturated rings. The molecule has 0 radical (unpaired) electrons. The third-order valence-electron chi connectivity index (χ3n) is 5.27. The summed E-state index contributed by atoms with van der Waals surface area (Å²) in [5.74, 6) is -6.69. The van der Waals surface area contributed by atoms with Gasteiger partial charge in [0.1, 0.15) is 10.8 Å². The first-order valence-electron chi connectivity index (χ1n) is 9.76. The molecular weight excluding hydrogens is 487 g/mol. The van der Waals surface area contributed by atoms with Crippen LogP contribution in [-0.4, -0.2) is 40.8 Å². The van der Waals surface area contributed by atoms with Crippen molar-refractivity contribution >= 4 is 32.2 Å². The van der Waals surface area contributed by atoms with Crippen molar-refractivity contribution in [3.63, 3.8) is 0 Å². The van der Waals surface area contributed by atoms with Crippen LogP contribution in [0.2, 0.25) is 0 Å². The Balaban J connectivity index is 1.84. The van der Waals surface area contributed by atoms with Crippen molar-refractivity contribution in [1.29, 1.82) is 0 Å². The molecule has 8 nitrogen and oxygen atoms in total. The molecule has 1 aliphatic carbocycles. The Hall–Kier alpha value is -3.42. The Morgan fingerprint density at radius 3 is 2.50 bits per heavy atom. The van der Waals surface area contributed by atoms with Crippen LogP contribution in [0.1, 0.15) is 18.9 Å². The molecule has 14 heteroatoms. The highest BCUT2D eigenvalue weighted by atomic mass is 32.2. The smallest absolute Gasteiger partial charge is 0.324 e. The van der Waals surface area contributed by atoms with Gasteiger partial charge in [-0.2, -0.15) is 23.0 Å². The van der Waals surface area contributed by atoms with Crippen molar-refractivity contribution in [3.8, 4) is 5.82 Å². The number of nitrogens with zero attached hydrogens (tertiary/aromatic N) is 3. The summed E-state index contributed by atoms with van der Waals surface area (Å²) >= 11 is 0. The van der Waals surface area contributed by atoms with Gasteiger partial charge >= 0.3 is 6.18 Å². The summed E-state index contributed by atoms with van der Waals surface area (Å²) in [5.41, 5.74) is -2.35. The number of halogens is 5. The number of rotatable bonds is 5. The number of hydrogen-bond acceptors (Lipinski definition) is 6. The zero-order valence-corrected chi connectivity index (χ0v) is 18.0. The summed E-state index contributed by atoms with van der Waals surface area (Å²) in [7, 11) is -4.11. The second-order valence-electron chi connectivity index (χ2n) is 7.62. The normalized spacial score (nSPS) is 17.5. The first kappa shape index (κ1) is 23.7. The lowest BCUT2D eigenvalue weighted by atomic mass is 10.1. The standard InChI is InChI=1S/C20H15F5N4O4S/c1-2-34(32,33)15-6-12(28-17(30)14-7-19(14,21)22)9-26-16(15)29-18(31)13-5-11(20(23,24)25)4-3-10(13)8-27-29/h3-6,8-9,14H,2,7H2,1H3,(H,28,30). The van der Waals surface area contributed by atoms with Crippen LogP contribution in [0.4, 0.5) is 27.6 Å². The van der Waals surface area contributed by atoms with E-state index < -0.39 is 67.8 Å². The first-order valence-corrected chi connectivity index (χ1v) is 11.4. The average molecular weight is 502 g/mol. The minimum Gasteiger partial charge on any atom is -0.324 e. The predicted octanol–water partition coefficient (Wildman–Crippen LogP) is 3.19. The van der Waals surface area contributed by atoms with Gasteiger partial charge in [-0.05, 0) is 18.2 Å². The largest absolute Gasteiger partial charge is 0.416 e. The number of carbonyl (C=O) groups is 1. The third kappa shape index (κ3) is 4.24. The number of benzene rings is 1. The van der Waals surface area contributed by atoms with Gasteiger partial charge in [-0.15, -0.1) is 0 Å². The Kier molecular flexibility index (Phi) is 5.46. The number of aromatic nitrogens is 3. The molecular formula is C20H15F5N4O4S. The predicted molar refractivity (Wildman–Crippen MR) is 110 cm³/mol. The van der Waals surface area contributed by atoms with E-state index in [1.807, 2.05) is 0 Å². The Bertz CT molecular complexity index is 1480. The van der Waals surface area contributed by atoms with Crippen LogP contribution in [0.25, 0.3) is 16.6 Å². The fourth-order valence-electron chi connectivity index (χ4n) is 3.24. The molecule has 34 heavy (non-hydrogen) atoms. The number of fused-ring (bicyclic) bond motifs is 1. The number of alkyl halides is 5. The molecule has 1 atom stereocenters. The van der Waals surface area contributed by atoms with Crippen LogP contribution in [0.5, 0.6) is 0 Å². The lowest BCUT2D eigenvalue weighted by molar-refractivity contribution is -0.137. The van der Waals surface area contributed by atoms with Crippen molar-refractivity contribution in [3.05, 3.63) is 52.6 Å². The summed E-state index contributed by atoms with van der Waals surface area (Å²) in [6.07, 6.45) is -3.35. The molecule has 1 N–H and O–H groups in total. The van der Waals surface area contributed by atoms with Crippen LogP contribution in [0, 0.1) is 5.92 Å². The van der Waals surface area contributed by atoms with Gasteiger partial charge in [-0.1, -0.05) is 13.0 Å². The van der Waals surface area contributed by atoms with Gasteiger partial charge in [0.05, 0.1) is 34.8 Å². The van der Waals surface area contributed by atoms with Crippen molar-refractivity contribution in [2.24, 2.45) is 5.92 Å². The van der Waals surface area contributed by atoms with Crippen molar-refractivity contribution < 1.29 is 35.2 Å². The zero-order chi connectivity index (χ0) is 25.1. The summed E-state index contributed by atoms with van der Waals surface area (Å²) < 4.78 is 91.5. The number of hydrogen-bond donors (Lipinski definition) is 1. The number of pyridine rings is 1. The molecule has 2 heterocycles. The van der Waals surface area contributed by atoms with Gasteiger partial charge in [0, 0.05) is 11.8 Å². The van der Waals surface area contributed by atoms with E-state index in [9.17, 15) is 40.0 Å². The van der Waals surface area contributed by atoms with E-state index in [4.69, 9.17) is 0 Å². The first-order chi connectivity index (χ1) is 15.7. The molecule has 1 saturated carbocycles. The lowest BCUT2D eigenvalue weighted by Crippen LogP contribution is -2.25. The molecule has 0 saturated heterocycles. The van der Waals surface area contributed by atoms with E-state index in [1.165, 1.54) is 6.92 Å². The van der Waals surface area contributed by atoms with E-state index in [1.54, 1.807) is 0 Å². The van der Waals surface area contributed by atoms with Crippen LogP contribution in [-0.2, 0) is 20.8 Å². The van der Waals surface area contributed by atoms with Crippen molar-refractivity contribution in [2.75, 3.05) is 11.1 Å². The molecule has 1 aliphatic rings. The summed E-state index contributed by atoms with van der Waals surface area (Å²) in [5, 5.41) is 5.71. The van der Waals surface area contributed by atoms with Crippen molar-refractivity contribution in [1.82, 2.24) is 14.8 Å². The molecule has 4 rings (SSSR count). The maximum absolute atomic E-state index is 13.1. The molecule has 0 spiro atoms. The van der Waals surface area contributed by atoms with Crippen LogP contribution >= 0.6 is 0 Å². The third-order valence-corrected chi connectivity index (χ3v) is 7.00. The number of nitrogens with one attached hydrogen (secondary N) is 1. The molecule has 1 amide bonds. The Morgan fingerprint density at radius 1 is 1.24 bits per heavy atom. The van der Waals surface area contributed by atoms with E-state index in [0.29, 0.717) is 10.7 Å². The van der Waals surface area contributed by atoms with Gasteiger partial charge in [-0.3, -0.25) is 9.59 Å². The maximum atomic E-state index is 13.1. The highest BCUT2D eigenvalue weighted by molar-refractivity contribution is 7.91. The van der Waals surface area contributed by atoms with Gasteiger partial charge in [-0.25, -0.2) is 22.2 Å². The summed E-state index contributed by atoms with van der Waals surface area (Å²) in [6.45, 7) is 1.29. The Labute approximate surface area is 188 Å². The fourth-order valence-corrected chi connectivity index (χ4v) is 4.28. The molecule has 180 valence electrons. The highest BCUT2D eigenvalue weighted by Gasteiger charge is 2.61. The zero-order valence-electron chi connectivity index (χ0n) is 17.2. The molecule has 0 aliphatic heterocycles. The van der Waals surface area contributed by atoms with Crippen LogP contribution in [0.15, 0.2) is 46.3 Å². The van der Waals surface area contributed by atoms with E-state index in [-0.39, 0.29) is 16.5 Å². The molecule has 3 aromatic rings. The highest BCUT2D eigenvalue weighted by Crippen LogP contribution is 2.49. The lowest BCUT2D eigenvalue weighted by Gasteiger charge is -2.13. The van der Waals surface area contributed by atoms with E-state index >= 15 is 0 Å². The number of anilines is 1. The SMILES string of the molecule is CCS(=O)(=O)c1cc(NC(=O)C2CC2(F)F)cnc1-n1ncc2ccc(C(F)(F)F)cc2c1=O.